The van der Waals surface area contributed by atoms with E-state index in [9.17, 15) is 0 Å². The summed E-state index contributed by atoms with van der Waals surface area (Å²) in [5, 5.41) is 7.83. The maximum atomic E-state index is 7.42. The molecule has 1 aromatic rings. The molecule has 0 heterocycles. The molecule has 0 aromatic heterocycles. The van der Waals surface area contributed by atoms with Crippen LogP contribution in [-0.2, 0) is 4.74 Å². The van der Waals surface area contributed by atoms with Crippen LogP contribution in [0.1, 0.15) is 12.5 Å². The zero-order valence-corrected chi connectivity index (χ0v) is 9.88. The molecule has 1 rings (SSSR count). The van der Waals surface area contributed by atoms with Crippen molar-refractivity contribution in [2.45, 2.75) is 6.92 Å². The van der Waals surface area contributed by atoms with Crippen LogP contribution in [0.3, 0.4) is 0 Å². The highest BCUT2D eigenvalue weighted by Crippen LogP contribution is 2.25. The first kappa shape index (κ1) is 12.8. The second kappa shape index (κ2) is 6.35. The second-order valence-electron chi connectivity index (χ2n) is 3.07. The highest BCUT2D eigenvalue weighted by molar-refractivity contribution is 6.34. The van der Waals surface area contributed by atoms with E-state index in [1.54, 1.807) is 18.2 Å². The third-order valence-corrected chi connectivity index (χ3v) is 2.25. The quantitative estimate of drug-likeness (QED) is 0.456. The van der Waals surface area contributed by atoms with Crippen LogP contribution in [-0.4, -0.2) is 25.7 Å². The van der Waals surface area contributed by atoms with Crippen LogP contribution in [0.4, 0.5) is 0 Å². The number of hydrogen-bond donors (Lipinski definition) is 2. The topological polar surface area (TPSA) is 68.3 Å². The van der Waals surface area contributed by atoms with Gasteiger partial charge in [-0.25, -0.2) is 0 Å². The van der Waals surface area contributed by atoms with Gasteiger partial charge in [0.05, 0.1) is 17.2 Å². The molecule has 5 heteroatoms. The standard InChI is InChI=1S/C11H15ClN2O2/c1-2-15-6-7-16-9-5-3-4-8(12)10(9)11(13)14/h3-5H,2,6-7H2,1H3,(H3,13,14). The molecule has 0 bridgehead atoms. The van der Waals surface area contributed by atoms with Crippen LogP contribution in [0.25, 0.3) is 0 Å². The summed E-state index contributed by atoms with van der Waals surface area (Å²) < 4.78 is 10.6. The molecule has 0 amide bonds. The molecule has 0 aliphatic heterocycles. The van der Waals surface area contributed by atoms with Gasteiger partial charge in [0.25, 0.3) is 0 Å². The van der Waals surface area contributed by atoms with Crippen molar-refractivity contribution >= 4 is 17.4 Å². The average Bonchev–Trinajstić information content (AvgIpc) is 2.24. The smallest absolute Gasteiger partial charge is 0.131 e. The molecule has 0 aliphatic rings. The fourth-order valence-corrected chi connectivity index (χ4v) is 1.51. The van der Waals surface area contributed by atoms with Crippen molar-refractivity contribution < 1.29 is 9.47 Å². The van der Waals surface area contributed by atoms with Crippen LogP contribution < -0.4 is 10.5 Å². The number of amidine groups is 1. The lowest BCUT2D eigenvalue weighted by molar-refractivity contribution is 0.110. The van der Waals surface area contributed by atoms with Crippen molar-refractivity contribution in [1.29, 1.82) is 5.41 Å². The zero-order chi connectivity index (χ0) is 12.0. The van der Waals surface area contributed by atoms with Gasteiger partial charge in [0, 0.05) is 6.61 Å². The number of benzene rings is 1. The summed E-state index contributed by atoms with van der Waals surface area (Å²) in [6, 6.07) is 5.16. The first-order valence-corrected chi connectivity index (χ1v) is 5.38. The van der Waals surface area contributed by atoms with Crippen LogP contribution in [0.15, 0.2) is 18.2 Å². The Morgan fingerprint density at radius 1 is 1.44 bits per heavy atom. The summed E-state index contributed by atoms with van der Waals surface area (Å²) in [6.45, 7) is 3.48. The van der Waals surface area contributed by atoms with Crippen molar-refractivity contribution in [2.24, 2.45) is 5.73 Å². The SMILES string of the molecule is CCOCCOc1cccc(Cl)c1C(=N)N. The lowest BCUT2D eigenvalue weighted by Gasteiger charge is -2.11. The Labute approximate surface area is 99.8 Å². The van der Waals surface area contributed by atoms with Gasteiger partial charge < -0.3 is 15.2 Å². The monoisotopic (exact) mass is 242 g/mol. The Bertz CT molecular complexity index is 369. The minimum atomic E-state index is -0.1000. The summed E-state index contributed by atoms with van der Waals surface area (Å²) in [4.78, 5) is 0. The lowest BCUT2D eigenvalue weighted by atomic mass is 10.2. The fraction of sp³-hybridized carbons (Fsp3) is 0.364. The molecular weight excluding hydrogens is 228 g/mol. The van der Waals surface area contributed by atoms with Gasteiger partial charge in [-0.1, -0.05) is 17.7 Å². The van der Waals surface area contributed by atoms with Crippen LogP contribution in [0, 0.1) is 5.41 Å². The Hall–Kier alpha value is -1.26. The highest BCUT2D eigenvalue weighted by Gasteiger charge is 2.10. The van der Waals surface area contributed by atoms with Gasteiger partial charge in [0.1, 0.15) is 18.2 Å². The summed E-state index contributed by atoms with van der Waals surface area (Å²) in [5.41, 5.74) is 5.86. The maximum Gasteiger partial charge on any atom is 0.131 e. The van der Waals surface area contributed by atoms with Crippen LogP contribution in [0.2, 0.25) is 5.02 Å². The minimum Gasteiger partial charge on any atom is -0.490 e. The summed E-state index contributed by atoms with van der Waals surface area (Å²) in [7, 11) is 0. The maximum absolute atomic E-state index is 7.42. The molecule has 0 saturated heterocycles. The molecular formula is C11H15ClN2O2. The predicted molar refractivity (Wildman–Crippen MR) is 64.5 cm³/mol. The third kappa shape index (κ3) is 3.40. The van der Waals surface area contributed by atoms with E-state index >= 15 is 0 Å². The van der Waals surface area contributed by atoms with E-state index in [-0.39, 0.29) is 5.84 Å². The van der Waals surface area contributed by atoms with E-state index in [1.165, 1.54) is 0 Å². The van der Waals surface area contributed by atoms with Gasteiger partial charge in [-0.2, -0.15) is 0 Å². The van der Waals surface area contributed by atoms with Crippen molar-refractivity contribution in [1.82, 2.24) is 0 Å². The van der Waals surface area contributed by atoms with Gasteiger partial charge in [-0.05, 0) is 19.1 Å². The number of nitrogen functional groups attached to an aromatic ring is 1. The van der Waals surface area contributed by atoms with Crippen molar-refractivity contribution in [3.05, 3.63) is 28.8 Å². The highest BCUT2D eigenvalue weighted by atomic mass is 35.5. The molecule has 1 aromatic carbocycles. The summed E-state index contributed by atoms with van der Waals surface area (Å²) >= 11 is 5.93. The Morgan fingerprint density at radius 3 is 2.81 bits per heavy atom. The molecule has 0 radical (unpaired) electrons. The number of halogens is 1. The van der Waals surface area contributed by atoms with Crippen molar-refractivity contribution in [3.63, 3.8) is 0 Å². The molecule has 88 valence electrons. The number of hydrogen-bond acceptors (Lipinski definition) is 3. The third-order valence-electron chi connectivity index (χ3n) is 1.93. The number of ether oxygens (including phenoxy) is 2. The lowest BCUT2D eigenvalue weighted by Crippen LogP contribution is -2.15. The summed E-state index contributed by atoms with van der Waals surface area (Å²) in [6.07, 6.45) is 0. The Balaban J connectivity index is 2.71. The average molecular weight is 243 g/mol. The number of rotatable bonds is 6. The fourth-order valence-electron chi connectivity index (χ4n) is 1.24. The molecule has 0 unspecified atom stereocenters. The van der Waals surface area contributed by atoms with Gasteiger partial charge in [-0.15, -0.1) is 0 Å². The first-order valence-electron chi connectivity index (χ1n) is 5.00. The molecule has 0 spiro atoms. The van der Waals surface area contributed by atoms with Gasteiger partial charge in [0.2, 0.25) is 0 Å². The minimum absolute atomic E-state index is 0.1000. The largest absolute Gasteiger partial charge is 0.490 e. The summed E-state index contributed by atoms with van der Waals surface area (Å²) in [5.74, 6) is 0.414. The number of nitrogens with one attached hydrogen (secondary N) is 1. The van der Waals surface area contributed by atoms with E-state index in [1.807, 2.05) is 6.92 Å². The second-order valence-corrected chi connectivity index (χ2v) is 3.48. The molecule has 0 aliphatic carbocycles. The van der Waals surface area contributed by atoms with Crippen molar-refractivity contribution in [3.8, 4) is 5.75 Å². The van der Waals surface area contributed by atoms with Gasteiger partial charge >= 0.3 is 0 Å². The van der Waals surface area contributed by atoms with Crippen LogP contribution in [0.5, 0.6) is 5.75 Å². The van der Waals surface area contributed by atoms with Crippen LogP contribution >= 0.6 is 11.6 Å². The van der Waals surface area contributed by atoms with E-state index in [0.717, 1.165) is 0 Å². The van der Waals surface area contributed by atoms with E-state index < -0.39 is 0 Å². The molecule has 16 heavy (non-hydrogen) atoms. The van der Waals surface area contributed by atoms with Crippen molar-refractivity contribution in [2.75, 3.05) is 19.8 Å². The Morgan fingerprint density at radius 2 is 2.19 bits per heavy atom. The van der Waals surface area contributed by atoms with Gasteiger partial charge in [-0.3, -0.25) is 5.41 Å². The number of nitrogens with two attached hydrogens (primary N) is 1. The molecule has 4 nitrogen and oxygen atoms in total. The van der Waals surface area contributed by atoms with E-state index in [4.69, 9.17) is 32.2 Å². The molecule has 0 saturated carbocycles. The molecule has 3 N–H and O–H groups in total. The first-order chi connectivity index (χ1) is 7.66. The zero-order valence-electron chi connectivity index (χ0n) is 9.13. The van der Waals surface area contributed by atoms with E-state index in [2.05, 4.69) is 0 Å². The Kier molecular flexibility index (Phi) is 5.08. The molecule has 0 atom stereocenters. The normalized spacial score (nSPS) is 10.1. The molecule has 0 fully saturated rings. The van der Waals surface area contributed by atoms with Gasteiger partial charge in [0.15, 0.2) is 0 Å². The van der Waals surface area contributed by atoms with E-state index in [0.29, 0.717) is 36.2 Å². The predicted octanol–water partition coefficient (Wildman–Crippen LogP) is 2.04.